The lowest BCUT2D eigenvalue weighted by atomic mass is 9.97. The van der Waals surface area contributed by atoms with Crippen LogP contribution in [0.3, 0.4) is 0 Å². The third kappa shape index (κ3) is 8.23. The molecule has 1 atom stereocenters. The Kier molecular flexibility index (Phi) is 11.3. The molecule has 0 bridgehead atoms. The molecule has 0 amide bonds. The van der Waals surface area contributed by atoms with Crippen molar-refractivity contribution >= 4 is 46.5 Å². The van der Waals surface area contributed by atoms with Crippen LogP contribution in [0.5, 0.6) is 5.75 Å². The number of thiazole rings is 1. The number of nitrogen functional groups attached to an aromatic ring is 1. The first-order chi connectivity index (χ1) is 20.8. The molecular formula is C30H28ClN7O3S2. The van der Waals surface area contributed by atoms with Gasteiger partial charge in [-0.05, 0) is 49.2 Å². The first-order valence-corrected chi connectivity index (χ1v) is 15.4. The summed E-state index contributed by atoms with van der Waals surface area (Å²) in [5.41, 5.74) is 20.5. The number of esters is 1. The van der Waals surface area contributed by atoms with Crippen molar-refractivity contribution in [2.75, 3.05) is 25.5 Å². The summed E-state index contributed by atoms with van der Waals surface area (Å²) in [7, 11) is 0. The van der Waals surface area contributed by atoms with E-state index < -0.39 is 12.0 Å². The van der Waals surface area contributed by atoms with Crippen LogP contribution in [0.4, 0.5) is 5.82 Å². The van der Waals surface area contributed by atoms with Gasteiger partial charge in [0.2, 0.25) is 0 Å². The van der Waals surface area contributed by atoms with Crippen molar-refractivity contribution < 1.29 is 14.3 Å². The molecule has 0 aliphatic rings. The van der Waals surface area contributed by atoms with Crippen molar-refractivity contribution in [3.8, 4) is 39.6 Å². The minimum Gasteiger partial charge on any atom is -0.490 e. The standard InChI is InChI=1S/C30H28ClN7O3S2/c31-20-7-3-19(4-8-20)28-37-21(16-42-28)17-43-29-24(15-34)26(23(14-33)27(36)38-29)18-5-9-22(10-6-18)40-12-13-41-30(39)25(35)2-1-11-32/h3-10,16,25H,1-2,11-13,17,32,35H2,(H2,36,38)/t25-/m1/s1. The Morgan fingerprint density at radius 2 is 1.72 bits per heavy atom. The number of nitrogens with zero attached hydrogens (tertiary/aromatic N) is 4. The van der Waals surface area contributed by atoms with Gasteiger partial charge < -0.3 is 26.7 Å². The second kappa shape index (κ2) is 15.3. The number of ether oxygens (including phenoxy) is 2. The number of carbonyl (C=O) groups excluding carboxylic acids is 1. The van der Waals surface area contributed by atoms with Gasteiger partial charge in [-0.1, -0.05) is 47.6 Å². The largest absolute Gasteiger partial charge is 0.490 e. The molecule has 0 unspecified atom stereocenters. The van der Waals surface area contributed by atoms with E-state index in [1.54, 1.807) is 24.3 Å². The van der Waals surface area contributed by atoms with Crippen LogP contribution in [0, 0.1) is 22.7 Å². The SMILES string of the molecule is N#Cc1c(N)nc(SCc2csc(-c3ccc(Cl)cc3)n2)c(C#N)c1-c1ccc(OCCOC(=O)[C@H](N)CCCN)cc1. The summed E-state index contributed by atoms with van der Waals surface area (Å²) in [5.74, 6) is 0.499. The number of halogens is 1. The normalized spacial score (nSPS) is 11.4. The summed E-state index contributed by atoms with van der Waals surface area (Å²) >= 11 is 8.83. The maximum absolute atomic E-state index is 11.9. The quantitative estimate of drug-likeness (QED) is 0.101. The Hall–Kier alpha value is -4.17. The van der Waals surface area contributed by atoms with E-state index in [4.69, 9.17) is 43.3 Å². The van der Waals surface area contributed by atoms with Crippen molar-refractivity contribution in [3.05, 3.63) is 75.8 Å². The molecule has 0 aliphatic heterocycles. The Bertz CT molecular complexity index is 1650. The van der Waals surface area contributed by atoms with Crippen molar-refractivity contribution in [2.24, 2.45) is 11.5 Å². The van der Waals surface area contributed by atoms with Crippen LogP contribution in [0.2, 0.25) is 5.02 Å². The third-order valence-corrected chi connectivity index (χ3v) is 8.38. The zero-order valence-corrected chi connectivity index (χ0v) is 25.3. The molecule has 2 aromatic heterocycles. The molecule has 220 valence electrons. The number of aromatic nitrogens is 2. The van der Waals surface area contributed by atoms with Gasteiger partial charge in [-0.25, -0.2) is 9.97 Å². The number of anilines is 1. The molecule has 0 saturated heterocycles. The van der Waals surface area contributed by atoms with E-state index in [1.807, 2.05) is 29.6 Å². The summed E-state index contributed by atoms with van der Waals surface area (Å²) in [5, 5.41) is 23.8. The highest BCUT2D eigenvalue weighted by atomic mass is 35.5. The number of nitrogens with two attached hydrogens (primary N) is 3. The zero-order chi connectivity index (χ0) is 30.8. The lowest BCUT2D eigenvalue weighted by Crippen LogP contribution is -2.33. The molecule has 0 saturated carbocycles. The van der Waals surface area contributed by atoms with Crippen LogP contribution in [0.1, 0.15) is 29.7 Å². The first-order valence-electron chi connectivity index (χ1n) is 13.2. The molecule has 43 heavy (non-hydrogen) atoms. The predicted octanol–water partition coefficient (Wildman–Crippen LogP) is 5.13. The van der Waals surface area contributed by atoms with Gasteiger partial charge in [-0.2, -0.15) is 10.5 Å². The molecule has 2 aromatic carbocycles. The van der Waals surface area contributed by atoms with Crippen molar-refractivity contribution in [2.45, 2.75) is 29.7 Å². The molecule has 4 rings (SSSR count). The van der Waals surface area contributed by atoms with Gasteiger partial charge >= 0.3 is 5.97 Å². The number of carbonyl (C=O) groups is 1. The maximum atomic E-state index is 11.9. The van der Waals surface area contributed by atoms with E-state index in [0.29, 0.717) is 52.1 Å². The Labute approximate surface area is 262 Å². The highest BCUT2D eigenvalue weighted by molar-refractivity contribution is 7.98. The zero-order valence-electron chi connectivity index (χ0n) is 23.0. The minimum atomic E-state index is -0.712. The van der Waals surface area contributed by atoms with Gasteiger partial charge in [0.1, 0.15) is 58.6 Å². The highest BCUT2D eigenvalue weighted by Crippen LogP contribution is 2.37. The molecule has 0 spiro atoms. The number of thioether (sulfide) groups is 1. The Balaban J connectivity index is 1.45. The number of hydrogen-bond donors (Lipinski definition) is 3. The van der Waals surface area contributed by atoms with Gasteiger partial charge in [-0.15, -0.1) is 11.3 Å². The smallest absolute Gasteiger partial charge is 0.323 e. The average molecular weight is 634 g/mol. The molecule has 2 heterocycles. The fraction of sp³-hybridized carbons (Fsp3) is 0.233. The fourth-order valence-electron chi connectivity index (χ4n) is 4.01. The summed E-state index contributed by atoms with van der Waals surface area (Å²) in [6, 6.07) is 17.9. The summed E-state index contributed by atoms with van der Waals surface area (Å²) in [6.07, 6.45) is 1.10. The van der Waals surface area contributed by atoms with Gasteiger partial charge in [0.15, 0.2) is 0 Å². The molecule has 4 aromatic rings. The van der Waals surface area contributed by atoms with Gasteiger partial charge in [0, 0.05) is 27.3 Å². The third-order valence-electron chi connectivity index (χ3n) is 6.18. The molecule has 13 heteroatoms. The van der Waals surface area contributed by atoms with Gasteiger partial charge in [0.05, 0.1) is 11.3 Å². The van der Waals surface area contributed by atoms with E-state index >= 15 is 0 Å². The van der Waals surface area contributed by atoms with Crippen molar-refractivity contribution in [3.63, 3.8) is 0 Å². The number of hydrogen-bond acceptors (Lipinski definition) is 12. The maximum Gasteiger partial charge on any atom is 0.323 e. The topological polar surface area (TPSA) is 187 Å². The number of rotatable bonds is 13. The highest BCUT2D eigenvalue weighted by Gasteiger charge is 2.21. The lowest BCUT2D eigenvalue weighted by Gasteiger charge is -2.14. The molecule has 0 radical (unpaired) electrons. The van der Waals surface area contributed by atoms with E-state index in [0.717, 1.165) is 16.3 Å². The predicted molar refractivity (Wildman–Crippen MR) is 168 cm³/mol. The monoisotopic (exact) mass is 633 g/mol. The number of benzene rings is 2. The van der Waals surface area contributed by atoms with E-state index in [2.05, 4.69) is 17.1 Å². The van der Waals surface area contributed by atoms with Crippen molar-refractivity contribution in [1.82, 2.24) is 9.97 Å². The van der Waals surface area contributed by atoms with Gasteiger partial charge in [-0.3, -0.25) is 4.79 Å². The number of pyridine rings is 1. The van der Waals surface area contributed by atoms with Crippen LogP contribution >= 0.6 is 34.7 Å². The summed E-state index contributed by atoms with van der Waals surface area (Å²) < 4.78 is 10.8. The molecule has 0 fully saturated rings. The van der Waals surface area contributed by atoms with Crippen LogP contribution in [-0.4, -0.2) is 41.7 Å². The summed E-state index contributed by atoms with van der Waals surface area (Å²) in [4.78, 5) is 21.0. The Morgan fingerprint density at radius 3 is 2.40 bits per heavy atom. The van der Waals surface area contributed by atoms with Crippen LogP contribution in [0.25, 0.3) is 21.7 Å². The lowest BCUT2D eigenvalue weighted by molar-refractivity contribution is -0.146. The van der Waals surface area contributed by atoms with E-state index in [9.17, 15) is 15.3 Å². The molecule has 6 N–H and O–H groups in total. The van der Waals surface area contributed by atoms with E-state index in [1.165, 1.54) is 23.1 Å². The van der Waals surface area contributed by atoms with Crippen LogP contribution in [0.15, 0.2) is 58.9 Å². The average Bonchev–Trinajstić information content (AvgIpc) is 3.50. The fourth-order valence-corrected chi connectivity index (χ4v) is 5.96. The van der Waals surface area contributed by atoms with Crippen molar-refractivity contribution in [1.29, 1.82) is 10.5 Å². The molecule has 10 nitrogen and oxygen atoms in total. The second-order valence-corrected chi connectivity index (χ2v) is 11.4. The molecule has 0 aliphatic carbocycles. The van der Waals surface area contributed by atoms with Crippen LogP contribution < -0.4 is 21.9 Å². The molecular weight excluding hydrogens is 606 g/mol. The minimum absolute atomic E-state index is 0.0333. The number of nitriles is 2. The first kappa shape index (κ1) is 31.8. The Morgan fingerprint density at radius 1 is 1.02 bits per heavy atom. The van der Waals surface area contributed by atoms with Crippen LogP contribution in [-0.2, 0) is 15.3 Å². The second-order valence-electron chi connectivity index (χ2n) is 9.17. The van der Waals surface area contributed by atoms with E-state index in [-0.39, 0.29) is 30.2 Å². The van der Waals surface area contributed by atoms with Gasteiger partial charge in [0.25, 0.3) is 0 Å². The summed E-state index contributed by atoms with van der Waals surface area (Å²) in [6.45, 7) is 0.619.